The zero-order chi connectivity index (χ0) is 10.5. The molecule has 0 saturated carbocycles. The Morgan fingerprint density at radius 3 is 2.93 bits per heavy atom. The minimum atomic E-state index is -0.163. The third-order valence-corrected chi connectivity index (χ3v) is 3.02. The van der Waals surface area contributed by atoms with Crippen molar-refractivity contribution in [2.75, 3.05) is 12.4 Å². The van der Waals surface area contributed by atoms with Gasteiger partial charge < -0.3 is 8.92 Å². The Labute approximate surface area is 93.0 Å². The summed E-state index contributed by atoms with van der Waals surface area (Å²) in [5.41, 5.74) is 1.01. The molecule has 0 radical (unpaired) electrons. The highest BCUT2D eigenvalue weighted by Crippen LogP contribution is 2.21. The number of esters is 1. The van der Waals surface area contributed by atoms with E-state index in [0.717, 1.165) is 5.56 Å². The molecule has 4 heteroatoms. The van der Waals surface area contributed by atoms with Crippen molar-refractivity contribution in [2.45, 2.75) is 6.61 Å². The van der Waals surface area contributed by atoms with E-state index in [2.05, 4.69) is 0 Å². The zero-order valence-electron chi connectivity index (χ0n) is 8.22. The molecular formula is C11H12O3S. The fourth-order valence-corrected chi connectivity index (χ4v) is 2.04. The summed E-state index contributed by atoms with van der Waals surface area (Å²) in [6.45, 7) is 0.819. The van der Waals surface area contributed by atoms with Crippen molar-refractivity contribution in [3.63, 3.8) is 0 Å². The number of carbonyl (C=O) groups excluding carboxylic acids is 1. The van der Waals surface area contributed by atoms with E-state index in [4.69, 9.17) is 8.92 Å². The van der Waals surface area contributed by atoms with E-state index in [1.807, 2.05) is 30.3 Å². The molecule has 1 saturated heterocycles. The lowest BCUT2D eigenvalue weighted by Crippen LogP contribution is -2.19. The maximum atomic E-state index is 11.5. The van der Waals surface area contributed by atoms with E-state index in [0.29, 0.717) is 19.0 Å². The molecule has 1 fully saturated rings. The SMILES string of the molecule is O=C(OCc1ccccc1)C1COSC1. The van der Waals surface area contributed by atoms with Crippen LogP contribution in [0.15, 0.2) is 30.3 Å². The highest BCUT2D eigenvalue weighted by atomic mass is 32.2. The van der Waals surface area contributed by atoms with Gasteiger partial charge in [0.2, 0.25) is 0 Å². The molecule has 1 aromatic carbocycles. The van der Waals surface area contributed by atoms with Gasteiger partial charge in [0.15, 0.2) is 0 Å². The Balaban J connectivity index is 1.80. The summed E-state index contributed by atoms with van der Waals surface area (Å²) in [4.78, 5) is 11.5. The minimum Gasteiger partial charge on any atom is -0.461 e. The van der Waals surface area contributed by atoms with Crippen LogP contribution in [0.4, 0.5) is 0 Å². The minimum absolute atomic E-state index is 0.0984. The van der Waals surface area contributed by atoms with Gasteiger partial charge in [-0.3, -0.25) is 4.79 Å². The topological polar surface area (TPSA) is 35.5 Å². The number of benzene rings is 1. The highest BCUT2D eigenvalue weighted by molar-refractivity contribution is 7.94. The van der Waals surface area contributed by atoms with E-state index >= 15 is 0 Å². The van der Waals surface area contributed by atoms with Gasteiger partial charge in [0.1, 0.15) is 6.61 Å². The molecule has 1 heterocycles. The van der Waals surface area contributed by atoms with E-state index in [9.17, 15) is 4.79 Å². The number of rotatable bonds is 3. The fourth-order valence-electron chi connectivity index (χ4n) is 1.29. The summed E-state index contributed by atoms with van der Waals surface area (Å²) in [7, 11) is 0. The highest BCUT2D eigenvalue weighted by Gasteiger charge is 2.25. The van der Waals surface area contributed by atoms with Crippen LogP contribution in [0, 0.1) is 5.92 Å². The van der Waals surface area contributed by atoms with Gasteiger partial charge in [-0.2, -0.15) is 0 Å². The summed E-state index contributed by atoms with van der Waals surface area (Å²) in [6.07, 6.45) is 0. The van der Waals surface area contributed by atoms with Crippen LogP contribution in [0.5, 0.6) is 0 Å². The lowest BCUT2D eigenvalue weighted by molar-refractivity contribution is -0.149. The molecule has 1 aromatic rings. The lowest BCUT2D eigenvalue weighted by Gasteiger charge is -2.07. The average Bonchev–Trinajstić information content (AvgIpc) is 2.81. The Morgan fingerprint density at radius 1 is 1.47 bits per heavy atom. The van der Waals surface area contributed by atoms with Crippen molar-refractivity contribution in [2.24, 2.45) is 5.92 Å². The van der Waals surface area contributed by atoms with Crippen LogP contribution < -0.4 is 0 Å². The van der Waals surface area contributed by atoms with Gasteiger partial charge in [-0.05, 0) is 17.6 Å². The maximum absolute atomic E-state index is 11.5. The first kappa shape index (κ1) is 10.5. The van der Waals surface area contributed by atoms with Gasteiger partial charge in [-0.1, -0.05) is 30.3 Å². The molecule has 80 valence electrons. The van der Waals surface area contributed by atoms with Crippen LogP contribution in [0.1, 0.15) is 5.56 Å². The summed E-state index contributed by atoms with van der Waals surface area (Å²) in [6, 6.07) is 9.67. The normalized spacial score (nSPS) is 20.1. The van der Waals surface area contributed by atoms with Crippen molar-refractivity contribution in [3.05, 3.63) is 35.9 Å². The van der Waals surface area contributed by atoms with E-state index in [1.165, 1.54) is 12.0 Å². The van der Waals surface area contributed by atoms with Gasteiger partial charge >= 0.3 is 5.97 Å². The molecule has 1 aliphatic rings. The second-order valence-electron chi connectivity index (χ2n) is 3.36. The molecule has 0 aromatic heterocycles. The Bertz CT molecular complexity index is 320. The van der Waals surface area contributed by atoms with Crippen molar-refractivity contribution >= 4 is 18.0 Å². The van der Waals surface area contributed by atoms with Gasteiger partial charge in [0.25, 0.3) is 0 Å². The second-order valence-corrected chi connectivity index (χ2v) is 4.16. The molecule has 1 unspecified atom stereocenters. The molecular weight excluding hydrogens is 212 g/mol. The largest absolute Gasteiger partial charge is 0.461 e. The van der Waals surface area contributed by atoms with Crippen LogP contribution in [-0.2, 0) is 20.3 Å². The zero-order valence-corrected chi connectivity index (χ0v) is 9.03. The van der Waals surface area contributed by atoms with Gasteiger partial charge in [-0.25, -0.2) is 0 Å². The first-order valence-electron chi connectivity index (χ1n) is 4.81. The summed E-state index contributed by atoms with van der Waals surface area (Å²) in [5.74, 6) is 0.440. The average molecular weight is 224 g/mol. The smallest absolute Gasteiger partial charge is 0.312 e. The monoisotopic (exact) mass is 224 g/mol. The van der Waals surface area contributed by atoms with E-state index < -0.39 is 0 Å². The van der Waals surface area contributed by atoms with Gasteiger partial charge in [0.05, 0.1) is 12.5 Å². The number of hydrogen-bond donors (Lipinski definition) is 0. The van der Waals surface area contributed by atoms with Crippen molar-refractivity contribution in [3.8, 4) is 0 Å². The van der Waals surface area contributed by atoms with Crippen LogP contribution in [0.25, 0.3) is 0 Å². The number of hydrogen-bond acceptors (Lipinski definition) is 4. The molecule has 0 aliphatic carbocycles. The molecule has 0 spiro atoms. The van der Waals surface area contributed by atoms with Crippen LogP contribution in [0.2, 0.25) is 0 Å². The second kappa shape index (κ2) is 5.19. The summed E-state index contributed by atoms with van der Waals surface area (Å²) < 4.78 is 10.2. The van der Waals surface area contributed by atoms with Crippen LogP contribution in [0.3, 0.4) is 0 Å². The predicted octanol–water partition coefficient (Wildman–Crippen LogP) is 2.02. The Hall–Kier alpha value is -1.00. The van der Waals surface area contributed by atoms with Crippen molar-refractivity contribution in [1.82, 2.24) is 0 Å². The molecule has 0 N–H and O–H groups in total. The van der Waals surface area contributed by atoms with E-state index in [-0.39, 0.29) is 11.9 Å². The summed E-state index contributed by atoms with van der Waals surface area (Å²) in [5, 5.41) is 0. The van der Waals surface area contributed by atoms with Crippen molar-refractivity contribution in [1.29, 1.82) is 0 Å². The molecule has 1 aliphatic heterocycles. The van der Waals surface area contributed by atoms with Crippen molar-refractivity contribution < 1.29 is 13.7 Å². The third-order valence-electron chi connectivity index (χ3n) is 2.18. The quantitative estimate of drug-likeness (QED) is 0.581. The molecule has 0 amide bonds. The van der Waals surface area contributed by atoms with E-state index in [1.54, 1.807) is 0 Å². The third kappa shape index (κ3) is 2.97. The molecule has 1 atom stereocenters. The molecule has 0 bridgehead atoms. The van der Waals surface area contributed by atoms with Crippen LogP contribution in [-0.4, -0.2) is 18.3 Å². The lowest BCUT2D eigenvalue weighted by atomic mass is 10.2. The van der Waals surface area contributed by atoms with Gasteiger partial charge in [0, 0.05) is 5.75 Å². The predicted molar refractivity (Wildman–Crippen MR) is 58.1 cm³/mol. The first-order valence-corrected chi connectivity index (χ1v) is 5.72. The molecule has 15 heavy (non-hydrogen) atoms. The number of ether oxygens (including phenoxy) is 1. The number of carbonyl (C=O) groups is 1. The van der Waals surface area contributed by atoms with Crippen LogP contribution >= 0.6 is 12.0 Å². The first-order chi connectivity index (χ1) is 7.36. The Kier molecular flexibility index (Phi) is 3.64. The molecule has 3 nitrogen and oxygen atoms in total. The maximum Gasteiger partial charge on any atom is 0.312 e. The van der Waals surface area contributed by atoms with Gasteiger partial charge in [-0.15, -0.1) is 0 Å². The molecule has 2 rings (SSSR count). The standard InChI is InChI=1S/C11H12O3S/c12-11(10-7-14-15-8-10)13-6-9-4-2-1-3-5-9/h1-5,10H,6-8H2. The summed E-state index contributed by atoms with van der Waals surface area (Å²) >= 11 is 1.33. The Morgan fingerprint density at radius 2 is 2.27 bits per heavy atom. The fraction of sp³-hybridized carbons (Fsp3) is 0.364.